The maximum absolute atomic E-state index is 12.8. The third-order valence-corrected chi connectivity index (χ3v) is 3.98. The molecule has 0 unspecified atom stereocenters. The number of aromatic hydroxyl groups is 1. The maximum atomic E-state index is 12.8. The quantitative estimate of drug-likeness (QED) is 0.626. The van der Waals surface area contributed by atoms with E-state index in [1.54, 1.807) is 37.3 Å². The number of carbonyl (C=O) groups excluding carboxylic acids is 3. The van der Waals surface area contributed by atoms with Crippen molar-refractivity contribution in [2.75, 3.05) is 6.61 Å². The van der Waals surface area contributed by atoms with Crippen LogP contribution in [0.2, 0.25) is 0 Å². The first kappa shape index (κ1) is 18.2. The molecule has 1 heterocycles. The molecule has 138 valence electrons. The predicted octanol–water partition coefficient (Wildman–Crippen LogP) is 2.45. The molecule has 0 spiro atoms. The van der Waals surface area contributed by atoms with Gasteiger partial charge in [0.2, 0.25) is 0 Å². The van der Waals surface area contributed by atoms with Gasteiger partial charge >= 0.3 is 6.03 Å². The second-order valence-corrected chi connectivity index (χ2v) is 5.84. The number of imide groups is 2. The van der Waals surface area contributed by atoms with Gasteiger partial charge in [-0.3, -0.25) is 19.8 Å². The average molecular weight is 366 g/mol. The highest BCUT2D eigenvalue weighted by Gasteiger charge is 2.36. The van der Waals surface area contributed by atoms with Gasteiger partial charge in [0.05, 0.1) is 13.2 Å². The highest BCUT2D eigenvalue weighted by Crippen LogP contribution is 2.27. The van der Waals surface area contributed by atoms with E-state index in [1.165, 1.54) is 18.2 Å². The lowest BCUT2D eigenvalue weighted by Crippen LogP contribution is -2.53. The van der Waals surface area contributed by atoms with Gasteiger partial charge in [-0.2, -0.15) is 0 Å². The van der Waals surface area contributed by atoms with E-state index in [2.05, 4.69) is 5.32 Å². The molecular formula is C20H18N2O5. The van der Waals surface area contributed by atoms with Gasteiger partial charge in [-0.25, -0.2) is 4.79 Å². The van der Waals surface area contributed by atoms with E-state index in [0.29, 0.717) is 23.5 Å². The molecule has 0 atom stereocenters. The summed E-state index contributed by atoms with van der Waals surface area (Å²) in [4.78, 5) is 38.0. The number of nitrogens with one attached hydrogen (secondary N) is 1. The first-order chi connectivity index (χ1) is 13.0. The summed E-state index contributed by atoms with van der Waals surface area (Å²) in [6.07, 6.45) is 1.44. The second kappa shape index (κ2) is 7.74. The lowest BCUT2D eigenvalue weighted by molar-refractivity contribution is -0.130. The van der Waals surface area contributed by atoms with E-state index in [4.69, 9.17) is 4.74 Å². The smallest absolute Gasteiger partial charge is 0.331 e. The lowest BCUT2D eigenvalue weighted by Gasteiger charge is -2.27. The van der Waals surface area contributed by atoms with Crippen molar-refractivity contribution in [3.8, 4) is 11.5 Å². The second-order valence-electron chi connectivity index (χ2n) is 5.84. The Morgan fingerprint density at radius 2 is 1.85 bits per heavy atom. The fourth-order valence-corrected chi connectivity index (χ4v) is 2.69. The minimum absolute atomic E-state index is 0.0106. The molecule has 0 aromatic heterocycles. The van der Waals surface area contributed by atoms with Crippen LogP contribution in [-0.2, 0) is 16.1 Å². The van der Waals surface area contributed by atoms with Gasteiger partial charge in [0.25, 0.3) is 11.8 Å². The Labute approximate surface area is 155 Å². The molecule has 3 rings (SSSR count). The Morgan fingerprint density at radius 3 is 2.56 bits per heavy atom. The van der Waals surface area contributed by atoms with Crippen LogP contribution in [0.5, 0.6) is 11.5 Å². The number of phenols is 1. The Hall–Kier alpha value is -3.61. The Balaban J connectivity index is 1.91. The van der Waals surface area contributed by atoms with Crippen molar-refractivity contribution in [1.29, 1.82) is 0 Å². The molecule has 1 aliphatic heterocycles. The molecule has 0 bridgehead atoms. The molecule has 4 amide bonds. The largest absolute Gasteiger partial charge is 0.508 e. The molecule has 7 nitrogen and oxygen atoms in total. The fraction of sp³-hybridized carbons (Fsp3) is 0.150. The monoisotopic (exact) mass is 366 g/mol. The van der Waals surface area contributed by atoms with Crippen LogP contribution in [-0.4, -0.2) is 34.5 Å². The number of amides is 4. The normalized spacial score (nSPS) is 15.8. The number of phenolic OH excluding ortho intramolecular Hbond substituents is 1. The summed E-state index contributed by atoms with van der Waals surface area (Å²) in [5, 5.41) is 11.8. The number of urea groups is 1. The minimum Gasteiger partial charge on any atom is -0.508 e. The Morgan fingerprint density at radius 1 is 1.11 bits per heavy atom. The number of carbonyl (C=O) groups is 3. The van der Waals surface area contributed by atoms with Crippen molar-refractivity contribution in [1.82, 2.24) is 10.2 Å². The van der Waals surface area contributed by atoms with E-state index in [0.717, 1.165) is 4.90 Å². The third-order valence-electron chi connectivity index (χ3n) is 3.98. The van der Waals surface area contributed by atoms with Gasteiger partial charge in [-0.15, -0.1) is 0 Å². The first-order valence-electron chi connectivity index (χ1n) is 8.38. The van der Waals surface area contributed by atoms with Gasteiger partial charge in [0, 0.05) is 11.6 Å². The SMILES string of the molecule is CCOc1cc(O)ccc1CN1C(=O)NC(=O)/C(=C\c2ccccc2)C1=O. The highest BCUT2D eigenvalue weighted by atomic mass is 16.5. The maximum Gasteiger partial charge on any atom is 0.331 e. The van der Waals surface area contributed by atoms with E-state index in [9.17, 15) is 19.5 Å². The Bertz CT molecular complexity index is 921. The van der Waals surface area contributed by atoms with Crippen LogP contribution in [0.3, 0.4) is 0 Å². The van der Waals surface area contributed by atoms with Crippen molar-refractivity contribution in [2.45, 2.75) is 13.5 Å². The molecule has 1 fully saturated rings. The molecular weight excluding hydrogens is 348 g/mol. The van der Waals surface area contributed by atoms with Gasteiger partial charge < -0.3 is 9.84 Å². The molecule has 2 aromatic carbocycles. The first-order valence-corrected chi connectivity index (χ1v) is 8.38. The summed E-state index contributed by atoms with van der Waals surface area (Å²) in [5.41, 5.74) is 1.08. The zero-order valence-electron chi connectivity index (χ0n) is 14.6. The number of nitrogens with zero attached hydrogens (tertiary/aromatic N) is 1. The van der Waals surface area contributed by atoms with Crippen LogP contribution in [0.1, 0.15) is 18.1 Å². The number of ether oxygens (including phenoxy) is 1. The highest BCUT2D eigenvalue weighted by molar-refractivity contribution is 6.30. The third kappa shape index (κ3) is 3.98. The van der Waals surface area contributed by atoms with Crippen molar-refractivity contribution in [3.05, 3.63) is 65.2 Å². The van der Waals surface area contributed by atoms with Crippen LogP contribution in [0, 0.1) is 0 Å². The summed E-state index contributed by atoms with van der Waals surface area (Å²) in [6.45, 7) is 2.04. The van der Waals surface area contributed by atoms with Gasteiger partial charge in [0.1, 0.15) is 17.1 Å². The number of benzene rings is 2. The molecule has 27 heavy (non-hydrogen) atoms. The number of hydrogen-bond acceptors (Lipinski definition) is 5. The van der Waals surface area contributed by atoms with Crippen LogP contribution in [0.25, 0.3) is 6.08 Å². The van der Waals surface area contributed by atoms with E-state index >= 15 is 0 Å². The Kier molecular flexibility index (Phi) is 5.21. The average Bonchev–Trinajstić information content (AvgIpc) is 2.65. The van der Waals surface area contributed by atoms with E-state index in [-0.39, 0.29) is 17.9 Å². The number of rotatable bonds is 5. The van der Waals surface area contributed by atoms with Crippen LogP contribution >= 0.6 is 0 Å². The van der Waals surface area contributed by atoms with E-state index in [1.807, 2.05) is 6.07 Å². The van der Waals surface area contributed by atoms with Gasteiger partial charge in [0.15, 0.2) is 0 Å². The molecule has 0 radical (unpaired) electrons. The summed E-state index contributed by atoms with van der Waals surface area (Å²) < 4.78 is 5.46. The van der Waals surface area contributed by atoms with Gasteiger partial charge in [-0.05, 0) is 30.7 Å². The predicted molar refractivity (Wildman–Crippen MR) is 97.8 cm³/mol. The van der Waals surface area contributed by atoms with Gasteiger partial charge in [-0.1, -0.05) is 30.3 Å². The molecule has 2 N–H and O–H groups in total. The van der Waals surface area contributed by atoms with Crippen molar-refractivity contribution >= 4 is 23.9 Å². The summed E-state index contributed by atoms with van der Waals surface area (Å²) in [5.74, 6) is -1.05. The van der Waals surface area contributed by atoms with Crippen molar-refractivity contribution in [2.24, 2.45) is 0 Å². The van der Waals surface area contributed by atoms with E-state index < -0.39 is 17.8 Å². The number of barbiturate groups is 1. The fourth-order valence-electron chi connectivity index (χ4n) is 2.69. The van der Waals surface area contributed by atoms with Crippen molar-refractivity contribution < 1.29 is 24.2 Å². The van der Waals surface area contributed by atoms with Crippen molar-refractivity contribution in [3.63, 3.8) is 0 Å². The standard InChI is InChI=1S/C20H18N2O5/c1-2-27-17-11-15(23)9-8-14(17)12-22-19(25)16(18(24)21-20(22)26)10-13-6-4-3-5-7-13/h3-11,23H,2,12H2,1H3,(H,21,24,26)/b16-10+. The lowest BCUT2D eigenvalue weighted by atomic mass is 10.1. The summed E-state index contributed by atoms with van der Waals surface area (Å²) in [7, 11) is 0. The van der Waals surface area contributed by atoms with Crippen LogP contribution in [0.15, 0.2) is 54.1 Å². The summed E-state index contributed by atoms with van der Waals surface area (Å²) in [6, 6.07) is 12.5. The summed E-state index contributed by atoms with van der Waals surface area (Å²) >= 11 is 0. The zero-order chi connectivity index (χ0) is 19.4. The molecule has 0 saturated carbocycles. The molecule has 0 aliphatic carbocycles. The van der Waals surface area contributed by atoms with Crippen LogP contribution in [0.4, 0.5) is 4.79 Å². The minimum atomic E-state index is -0.800. The molecule has 1 aliphatic rings. The van der Waals surface area contributed by atoms with Crippen LogP contribution < -0.4 is 10.1 Å². The number of hydrogen-bond donors (Lipinski definition) is 2. The molecule has 7 heteroatoms. The zero-order valence-corrected chi connectivity index (χ0v) is 14.6. The molecule has 2 aromatic rings. The topological polar surface area (TPSA) is 95.9 Å². The molecule has 1 saturated heterocycles.